The molecule has 4 nitrogen and oxygen atoms in total. The highest BCUT2D eigenvalue weighted by molar-refractivity contribution is 7.98. The predicted molar refractivity (Wildman–Crippen MR) is 108 cm³/mol. The standard InChI is InChI=1S/C13H8Cl3NO2S.C4H10O/c1-20-12-4-7(2-3-11(12)17(18)19)13-9(15)5-8(14)6-10(13)16;1-3-5-4-2/h2-6H,1H3;3-4H2,1-2H3. The van der Waals surface area contributed by atoms with Crippen LogP contribution in [0.15, 0.2) is 35.2 Å². The van der Waals surface area contributed by atoms with Crippen molar-refractivity contribution in [2.45, 2.75) is 18.7 Å². The van der Waals surface area contributed by atoms with Crippen LogP contribution in [0.5, 0.6) is 0 Å². The van der Waals surface area contributed by atoms with Crippen LogP contribution in [-0.2, 0) is 4.74 Å². The lowest BCUT2D eigenvalue weighted by Gasteiger charge is -2.09. The molecule has 0 aliphatic carbocycles. The van der Waals surface area contributed by atoms with Gasteiger partial charge in [-0.1, -0.05) is 34.8 Å². The van der Waals surface area contributed by atoms with E-state index in [1.807, 2.05) is 13.8 Å². The SMILES string of the molecule is CCOCC.CSc1cc(-c2c(Cl)cc(Cl)cc2Cl)ccc1[N+](=O)[O-]. The van der Waals surface area contributed by atoms with E-state index in [9.17, 15) is 10.1 Å². The summed E-state index contributed by atoms with van der Waals surface area (Å²) in [6, 6.07) is 7.94. The molecule has 2 rings (SSSR count). The van der Waals surface area contributed by atoms with Crippen molar-refractivity contribution in [3.63, 3.8) is 0 Å². The molecule has 0 heterocycles. The van der Waals surface area contributed by atoms with Crippen molar-refractivity contribution in [1.29, 1.82) is 0 Å². The number of thioether (sulfide) groups is 1. The summed E-state index contributed by atoms with van der Waals surface area (Å²) in [4.78, 5) is 11.1. The highest BCUT2D eigenvalue weighted by Crippen LogP contribution is 2.40. The van der Waals surface area contributed by atoms with Crippen molar-refractivity contribution in [1.82, 2.24) is 0 Å². The summed E-state index contributed by atoms with van der Waals surface area (Å²) in [5, 5.41) is 12.2. The summed E-state index contributed by atoms with van der Waals surface area (Å²) >= 11 is 19.5. The predicted octanol–water partition coefficient (Wildman–Crippen LogP) is 6.99. The fourth-order valence-corrected chi connectivity index (χ4v) is 3.64. The third kappa shape index (κ3) is 6.35. The molecule has 0 saturated carbocycles. The van der Waals surface area contributed by atoms with E-state index in [1.165, 1.54) is 17.8 Å². The van der Waals surface area contributed by atoms with Gasteiger partial charge in [-0.2, -0.15) is 0 Å². The molecule has 0 amide bonds. The first-order valence-corrected chi connectivity index (χ1v) is 9.76. The van der Waals surface area contributed by atoms with Gasteiger partial charge < -0.3 is 4.74 Å². The number of nitro groups is 1. The molecule has 0 atom stereocenters. The van der Waals surface area contributed by atoms with Gasteiger partial charge in [-0.25, -0.2) is 0 Å². The molecule has 0 radical (unpaired) electrons. The van der Waals surface area contributed by atoms with Gasteiger partial charge in [0.2, 0.25) is 0 Å². The van der Waals surface area contributed by atoms with Gasteiger partial charge in [0, 0.05) is 29.9 Å². The first-order valence-electron chi connectivity index (χ1n) is 7.40. The molecule has 0 spiro atoms. The van der Waals surface area contributed by atoms with E-state index in [2.05, 4.69) is 0 Å². The number of benzene rings is 2. The lowest BCUT2D eigenvalue weighted by atomic mass is 10.1. The zero-order chi connectivity index (χ0) is 19.0. The zero-order valence-corrected chi connectivity index (χ0v) is 17.1. The van der Waals surface area contributed by atoms with Crippen molar-refractivity contribution in [3.05, 3.63) is 55.5 Å². The molecule has 0 aliphatic rings. The summed E-state index contributed by atoms with van der Waals surface area (Å²) < 4.78 is 4.83. The normalized spacial score (nSPS) is 10.2. The number of halogens is 3. The largest absolute Gasteiger partial charge is 0.382 e. The van der Waals surface area contributed by atoms with Gasteiger partial charge in [-0.15, -0.1) is 11.8 Å². The van der Waals surface area contributed by atoms with Crippen molar-refractivity contribution in [2.75, 3.05) is 19.5 Å². The minimum absolute atomic E-state index is 0.0578. The summed E-state index contributed by atoms with van der Waals surface area (Å²) in [5.74, 6) is 0. The number of hydrogen-bond donors (Lipinski definition) is 0. The second-order valence-electron chi connectivity index (χ2n) is 4.67. The van der Waals surface area contributed by atoms with Crippen molar-refractivity contribution < 1.29 is 9.66 Å². The highest BCUT2D eigenvalue weighted by Gasteiger charge is 2.17. The molecule has 0 N–H and O–H groups in total. The number of hydrogen-bond acceptors (Lipinski definition) is 4. The van der Waals surface area contributed by atoms with Gasteiger partial charge in [-0.3, -0.25) is 10.1 Å². The van der Waals surface area contributed by atoms with Crippen LogP contribution in [0.1, 0.15) is 13.8 Å². The average Bonchev–Trinajstić information content (AvgIpc) is 2.54. The Morgan fingerprint density at radius 2 is 1.64 bits per heavy atom. The Morgan fingerprint density at radius 3 is 2.04 bits per heavy atom. The summed E-state index contributed by atoms with van der Waals surface area (Å²) in [6.07, 6.45) is 1.77. The first kappa shape index (κ1) is 22.1. The second-order valence-corrected chi connectivity index (χ2v) is 6.77. The quantitative estimate of drug-likeness (QED) is 0.296. The maximum Gasteiger partial charge on any atom is 0.282 e. The van der Waals surface area contributed by atoms with Gasteiger partial charge in [0.25, 0.3) is 5.69 Å². The number of ether oxygens (including phenoxy) is 1. The fraction of sp³-hybridized carbons (Fsp3) is 0.294. The Kier molecular flexibility index (Phi) is 9.61. The van der Waals surface area contributed by atoms with E-state index in [4.69, 9.17) is 39.5 Å². The molecule has 2 aromatic carbocycles. The summed E-state index contributed by atoms with van der Waals surface area (Å²) in [6.45, 7) is 5.67. The monoisotopic (exact) mass is 421 g/mol. The smallest absolute Gasteiger partial charge is 0.282 e. The maximum atomic E-state index is 10.9. The van der Waals surface area contributed by atoms with Crippen LogP contribution >= 0.6 is 46.6 Å². The lowest BCUT2D eigenvalue weighted by Crippen LogP contribution is -1.91. The van der Waals surface area contributed by atoms with Crippen LogP contribution in [0.25, 0.3) is 11.1 Å². The van der Waals surface area contributed by atoms with Gasteiger partial charge in [0.05, 0.1) is 19.9 Å². The molecular weight excluding hydrogens is 405 g/mol. The second kappa shape index (κ2) is 10.9. The summed E-state index contributed by atoms with van der Waals surface area (Å²) in [5.41, 5.74) is 1.39. The van der Waals surface area contributed by atoms with E-state index in [0.29, 0.717) is 31.1 Å². The topological polar surface area (TPSA) is 52.4 Å². The molecule has 0 aliphatic heterocycles. The van der Waals surface area contributed by atoms with Crippen LogP contribution in [0.3, 0.4) is 0 Å². The first-order chi connectivity index (χ1) is 11.8. The third-order valence-electron chi connectivity index (χ3n) is 3.08. The van der Waals surface area contributed by atoms with Crippen LogP contribution in [0.2, 0.25) is 15.1 Å². The highest BCUT2D eigenvalue weighted by atomic mass is 35.5. The van der Waals surface area contributed by atoms with E-state index < -0.39 is 4.92 Å². The molecule has 136 valence electrons. The summed E-state index contributed by atoms with van der Waals surface area (Å²) in [7, 11) is 0. The lowest BCUT2D eigenvalue weighted by molar-refractivity contribution is -0.387. The Labute approximate surface area is 166 Å². The van der Waals surface area contributed by atoms with Gasteiger partial charge in [0.15, 0.2) is 0 Å². The molecule has 0 bridgehead atoms. The molecule has 25 heavy (non-hydrogen) atoms. The van der Waals surface area contributed by atoms with Gasteiger partial charge in [0.1, 0.15) is 0 Å². The van der Waals surface area contributed by atoms with E-state index in [1.54, 1.807) is 30.5 Å². The maximum absolute atomic E-state index is 10.9. The molecule has 0 aromatic heterocycles. The Hall–Kier alpha value is -0.980. The van der Waals surface area contributed by atoms with Crippen molar-refractivity contribution >= 4 is 52.3 Å². The van der Waals surface area contributed by atoms with Crippen LogP contribution in [-0.4, -0.2) is 24.4 Å². The molecule has 0 unspecified atom stereocenters. The van der Waals surface area contributed by atoms with Gasteiger partial charge in [-0.05, 0) is 49.9 Å². The molecular formula is C17H18Cl3NO3S. The Bertz CT molecular complexity index is 716. The number of nitro benzene ring substituents is 1. The van der Waals surface area contributed by atoms with Crippen molar-refractivity contribution in [3.8, 4) is 11.1 Å². The van der Waals surface area contributed by atoms with Crippen LogP contribution in [0, 0.1) is 10.1 Å². The van der Waals surface area contributed by atoms with Crippen molar-refractivity contribution in [2.24, 2.45) is 0 Å². The Morgan fingerprint density at radius 1 is 1.08 bits per heavy atom. The minimum Gasteiger partial charge on any atom is -0.382 e. The Balaban J connectivity index is 0.000000550. The van der Waals surface area contributed by atoms with Crippen LogP contribution in [0.4, 0.5) is 5.69 Å². The van der Waals surface area contributed by atoms with E-state index in [-0.39, 0.29) is 5.69 Å². The zero-order valence-electron chi connectivity index (χ0n) is 14.0. The fourth-order valence-electron chi connectivity index (χ4n) is 2.01. The number of rotatable bonds is 5. The van der Waals surface area contributed by atoms with E-state index >= 15 is 0 Å². The van der Waals surface area contributed by atoms with Gasteiger partial charge >= 0.3 is 0 Å². The third-order valence-corrected chi connectivity index (χ3v) is 4.66. The minimum atomic E-state index is -0.416. The molecule has 8 heteroatoms. The number of nitrogens with zero attached hydrogens (tertiary/aromatic N) is 1. The van der Waals surface area contributed by atoms with E-state index in [0.717, 1.165) is 13.2 Å². The molecule has 0 fully saturated rings. The molecule has 2 aromatic rings. The van der Waals surface area contributed by atoms with Crippen LogP contribution < -0.4 is 0 Å². The molecule has 0 saturated heterocycles. The average molecular weight is 423 g/mol.